The minimum absolute atomic E-state index is 0.00968. The van der Waals surface area contributed by atoms with Gasteiger partial charge in [-0.15, -0.1) is 0 Å². The van der Waals surface area contributed by atoms with Crippen LogP contribution in [0, 0.1) is 24.2 Å². The normalized spacial score (nSPS) is 15.7. The van der Waals surface area contributed by atoms with E-state index in [1.54, 1.807) is 30.0 Å². The van der Waals surface area contributed by atoms with E-state index in [4.69, 9.17) is 0 Å². The molecular formula is C27H27N5O4S2. The third-order valence-electron chi connectivity index (χ3n) is 7.11. The number of amides is 2. The van der Waals surface area contributed by atoms with Crippen LogP contribution in [0.3, 0.4) is 0 Å². The van der Waals surface area contributed by atoms with Gasteiger partial charge < -0.3 is 10.2 Å². The summed E-state index contributed by atoms with van der Waals surface area (Å²) < 4.78 is 29.3. The summed E-state index contributed by atoms with van der Waals surface area (Å²) in [6.45, 7) is 5.54. The van der Waals surface area contributed by atoms with Gasteiger partial charge in [-0.05, 0) is 74.1 Å². The maximum atomic E-state index is 14.1. The number of carbonyl (C=O) groups is 2. The maximum Gasteiger partial charge on any atom is 0.264 e. The lowest BCUT2D eigenvalue weighted by molar-refractivity contribution is -0.114. The molecule has 1 atom stereocenters. The lowest BCUT2D eigenvalue weighted by Gasteiger charge is -2.24. The highest BCUT2D eigenvalue weighted by molar-refractivity contribution is 7.92. The molecule has 0 unspecified atom stereocenters. The Labute approximate surface area is 225 Å². The average molecular weight is 550 g/mol. The van der Waals surface area contributed by atoms with Gasteiger partial charge in [0, 0.05) is 26.6 Å². The van der Waals surface area contributed by atoms with Gasteiger partial charge in [0.15, 0.2) is 5.13 Å². The Morgan fingerprint density at radius 3 is 2.68 bits per heavy atom. The van der Waals surface area contributed by atoms with E-state index in [1.807, 2.05) is 19.1 Å². The van der Waals surface area contributed by atoms with Crippen LogP contribution in [0.2, 0.25) is 0 Å². The first-order chi connectivity index (χ1) is 18.0. The van der Waals surface area contributed by atoms with Crippen molar-refractivity contribution in [1.82, 2.24) is 9.88 Å². The fourth-order valence-electron chi connectivity index (χ4n) is 4.86. The highest BCUT2D eigenvalue weighted by Crippen LogP contribution is 2.43. The van der Waals surface area contributed by atoms with Crippen molar-refractivity contribution in [1.29, 1.82) is 5.26 Å². The molecule has 2 amide bonds. The topological polar surface area (TPSA) is 123 Å². The number of carbonyl (C=O) groups excluding carboxylic acids is 2. The first kappa shape index (κ1) is 25.9. The summed E-state index contributed by atoms with van der Waals surface area (Å²) in [5.74, 6) is -0.115. The summed E-state index contributed by atoms with van der Waals surface area (Å²) in [5.41, 5.74) is 2.74. The molecule has 5 rings (SSSR count). The number of anilines is 2. The van der Waals surface area contributed by atoms with Crippen LogP contribution in [0.4, 0.5) is 10.8 Å². The molecule has 2 aromatic carbocycles. The number of benzene rings is 2. The van der Waals surface area contributed by atoms with Gasteiger partial charge in [-0.25, -0.2) is 13.4 Å². The van der Waals surface area contributed by atoms with Crippen molar-refractivity contribution in [2.45, 2.75) is 51.1 Å². The van der Waals surface area contributed by atoms with E-state index < -0.39 is 10.0 Å². The number of rotatable bonds is 7. The number of nitriles is 1. The molecule has 1 aliphatic heterocycles. The fraction of sp³-hybridized carbons (Fsp3) is 0.333. The average Bonchev–Trinajstić information content (AvgIpc) is 3.60. The monoisotopic (exact) mass is 549 g/mol. The highest BCUT2D eigenvalue weighted by Gasteiger charge is 2.42. The Hall–Kier alpha value is -3.75. The quantitative estimate of drug-likeness (QED) is 0.462. The number of hydrogen-bond donors (Lipinski definition) is 1. The lowest BCUT2D eigenvalue weighted by Crippen LogP contribution is -2.35. The molecule has 0 bridgehead atoms. The number of aryl methyl sites for hydroxylation is 1. The van der Waals surface area contributed by atoms with E-state index in [1.165, 1.54) is 37.4 Å². The molecule has 0 spiro atoms. The number of nitrogens with one attached hydrogen (secondary N) is 1. The Kier molecular flexibility index (Phi) is 6.49. The van der Waals surface area contributed by atoms with E-state index in [-0.39, 0.29) is 28.3 Å². The molecule has 2 aliphatic rings. The van der Waals surface area contributed by atoms with Crippen molar-refractivity contribution in [3.05, 3.63) is 58.8 Å². The zero-order valence-electron chi connectivity index (χ0n) is 21.5. The van der Waals surface area contributed by atoms with Crippen LogP contribution >= 0.6 is 11.3 Å². The van der Waals surface area contributed by atoms with E-state index in [0.717, 1.165) is 17.1 Å². The third-order valence-corrected chi connectivity index (χ3v) is 10.0. The Morgan fingerprint density at radius 2 is 2.03 bits per heavy atom. The fourth-order valence-corrected chi connectivity index (χ4v) is 7.30. The van der Waals surface area contributed by atoms with Crippen LogP contribution in [-0.2, 0) is 21.4 Å². The van der Waals surface area contributed by atoms with Crippen LogP contribution in [-0.4, -0.2) is 43.2 Å². The summed E-state index contributed by atoms with van der Waals surface area (Å²) in [6.07, 6.45) is 2.11. The molecule has 1 N–H and O–H groups in total. The second kappa shape index (κ2) is 9.53. The van der Waals surface area contributed by atoms with E-state index >= 15 is 0 Å². The Bertz CT molecular complexity index is 1620. The van der Waals surface area contributed by atoms with Crippen molar-refractivity contribution in [2.75, 3.05) is 16.7 Å². The zero-order chi connectivity index (χ0) is 27.4. The van der Waals surface area contributed by atoms with Crippen LogP contribution < -0.4 is 9.62 Å². The van der Waals surface area contributed by atoms with Gasteiger partial charge in [-0.3, -0.25) is 13.9 Å². The highest BCUT2D eigenvalue weighted by atomic mass is 32.2. The van der Waals surface area contributed by atoms with Gasteiger partial charge in [0.05, 0.1) is 33.5 Å². The Balaban J connectivity index is 1.66. The number of aromatic nitrogens is 1. The van der Waals surface area contributed by atoms with Gasteiger partial charge >= 0.3 is 0 Å². The van der Waals surface area contributed by atoms with Crippen molar-refractivity contribution in [2.24, 2.45) is 5.92 Å². The number of fused-ring (bicyclic) bond motifs is 1. The van der Waals surface area contributed by atoms with E-state index in [0.29, 0.717) is 50.5 Å². The smallest absolute Gasteiger partial charge is 0.264 e. The van der Waals surface area contributed by atoms with Crippen molar-refractivity contribution in [3.8, 4) is 16.5 Å². The molecule has 1 saturated carbocycles. The van der Waals surface area contributed by atoms with Crippen LogP contribution in [0.25, 0.3) is 10.4 Å². The molecule has 196 valence electrons. The number of thiazole rings is 1. The lowest BCUT2D eigenvalue weighted by atomic mass is 10.0. The molecule has 11 heteroatoms. The van der Waals surface area contributed by atoms with E-state index in [2.05, 4.69) is 10.3 Å². The molecule has 3 aromatic rings. The first-order valence-corrected chi connectivity index (χ1v) is 14.5. The summed E-state index contributed by atoms with van der Waals surface area (Å²) in [6, 6.07) is 11.8. The maximum absolute atomic E-state index is 14.1. The number of sulfonamides is 1. The minimum Gasteiger partial charge on any atom is -0.331 e. The zero-order valence-corrected chi connectivity index (χ0v) is 23.1. The predicted molar refractivity (Wildman–Crippen MR) is 145 cm³/mol. The summed E-state index contributed by atoms with van der Waals surface area (Å²) >= 11 is 1.25. The van der Waals surface area contributed by atoms with Gasteiger partial charge in [0.2, 0.25) is 5.91 Å². The largest absolute Gasteiger partial charge is 0.331 e. The summed E-state index contributed by atoms with van der Waals surface area (Å²) in [7, 11) is -2.78. The first-order valence-electron chi connectivity index (χ1n) is 12.2. The van der Waals surface area contributed by atoms with Crippen molar-refractivity contribution >= 4 is 44.0 Å². The third kappa shape index (κ3) is 4.54. The van der Waals surface area contributed by atoms with Gasteiger partial charge in [-0.1, -0.05) is 17.4 Å². The van der Waals surface area contributed by atoms with Gasteiger partial charge in [0.1, 0.15) is 4.90 Å². The minimum atomic E-state index is -4.19. The molecule has 1 aromatic heterocycles. The molecule has 1 fully saturated rings. The standard InChI is InChI=1S/C27H27N5O4S2/c1-15-25(37-27(29-15)30-17(3)33)20-11-21-14-32(16(2)19-8-9-19)26(34)24(21)23(12-20)38(35,36)31(4)22-7-5-6-18(10-22)13-28/h5-7,10-12,16,19H,8-9,14H2,1-4H3,(H,29,30,33)/t16-/m0/s1. The van der Waals surface area contributed by atoms with Gasteiger partial charge in [0.25, 0.3) is 15.9 Å². The molecule has 0 saturated heterocycles. The Morgan fingerprint density at radius 1 is 1.29 bits per heavy atom. The molecule has 9 nitrogen and oxygen atoms in total. The van der Waals surface area contributed by atoms with Crippen molar-refractivity contribution in [3.63, 3.8) is 0 Å². The number of hydrogen-bond acceptors (Lipinski definition) is 7. The second-order valence-electron chi connectivity index (χ2n) is 9.77. The molecule has 38 heavy (non-hydrogen) atoms. The molecule has 0 radical (unpaired) electrons. The molecule has 2 heterocycles. The van der Waals surface area contributed by atoms with Gasteiger partial charge in [-0.2, -0.15) is 5.26 Å². The van der Waals surface area contributed by atoms with Crippen LogP contribution in [0.15, 0.2) is 41.3 Å². The van der Waals surface area contributed by atoms with Crippen LogP contribution in [0.1, 0.15) is 53.9 Å². The summed E-state index contributed by atoms with van der Waals surface area (Å²) in [5, 5.41) is 12.4. The molecular weight excluding hydrogens is 522 g/mol. The van der Waals surface area contributed by atoms with E-state index in [9.17, 15) is 23.3 Å². The van der Waals surface area contributed by atoms with Crippen LogP contribution in [0.5, 0.6) is 0 Å². The second-order valence-corrected chi connectivity index (χ2v) is 12.7. The number of nitrogens with zero attached hydrogens (tertiary/aromatic N) is 4. The van der Waals surface area contributed by atoms with Crippen molar-refractivity contribution < 1.29 is 18.0 Å². The summed E-state index contributed by atoms with van der Waals surface area (Å²) in [4.78, 5) is 32.1. The molecule has 1 aliphatic carbocycles. The SMILES string of the molecule is CC(=O)Nc1nc(C)c(-c2cc3c(c(S(=O)(=O)N(C)c4cccc(C#N)c4)c2)C(=O)N([C@@H](C)C2CC2)C3)s1. The predicted octanol–water partition coefficient (Wildman–Crippen LogP) is 4.53.